The number of hydrazine groups is 1. The molecule has 0 spiro atoms. The van der Waals surface area contributed by atoms with Gasteiger partial charge in [0.1, 0.15) is 0 Å². The lowest BCUT2D eigenvalue weighted by Gasteiger charge is -2.24. The molecule has 0 saturated heterocycles. The number of rotatable bonds is 7. The van der Waals surface area contributed by atoms with E-state index in [1.54, 1.807) is 0 Å². The highest BCUT2D eigenvalue weighted by Gasteiger charge is 2.22. The van der Waals surface area contributed by atoms with Crippen molar-refractivity contribution in [2.75, 3.05) is 0 Å². The standard InChI is InChI=1S/C13H25BrN4/c1-5-9(6-2)11(16-15)8-12-13(14)10(7-3)17-18(12)4/h9,11,16H,5-8,15H2,1-4H3. The Kier molecular flexibility index (Phi) is 6.32. The van der Waals surface area contributed by atoms with E-state index >= 15 is 0 Å². The zero-order valence-corrected chi connectivity index (χ0v) is 13.4. The smallest absolute Gasteiger partial charge is 0.0766 e. The van der Waals surface area contributed by atoms with Crippen LogP contribution in [-0.2, 0) is 19.9 Å². The summed E-state index contributed by atoms with van der Waals surface area (Å²) in [7, 11) is 2.00. The molecule has 18 heavy (non-hydrogen) atoms. The number of nitrogens with one attached hydrogen (secondary N) is 1. The molecule has 1 aromatic heterocycles. The summed E-state index contributed by atoms with van der Waals surface area (Å²) < 4.78 is 3.11. The molecule has 0 aliphatic carbocycles. The Balaban J connectivity index is 2.91. The Morgan fingerprint density at radius 3 is 2.33 bits per heavy atom. The van der Waals surface area contributed by atoms with E-state index in [0.717, 1.165) is 35.8 Å². The molecule has 1 atom stereocenters. The first kappa shape index (κ1) is 15.7. The lowest BCUT2D eigenvalue weighted by atomic mass is 9.91. The Morgan fingerprint density at radius 2 is 1.94 bits per heavy atom. The predicted octanol–water partition coefficient (Wildman–Crippen LogP) is 2.56. The van der Waals surface area contributed by atoms with Crippen LogP contribution < -0.4 is 11.3 Å². The first-order chi connectivity index (χ1) is 8.58. The fourth-order valence-electron chi connectivity index (χ4n) is 2.47. The fraction of sp³-hybridized carbons (Fsp3) is 0.769. The van der Waals surface area contributed by atoms with Crippen LogP contribution in [-0.4, -0.2) is 15.8 Å². The van der Waals surface area contributed by atoms with Crippen LogP contribution in [0.5, 0.6) is 0 Å². The van der Waals surface area contributed by atoms with Gasteiger partial charge in [-0.3, -0.25) is 16.0 Å². The maximum Gasteiger partial charge on any atom is 0.0766 e. The van der Waals surface area contributed by atoms with E-state index < -0.39 is 0 Å². The van der Waals surface area contributed by atoms with Crippen molar-refractivity contribution in [1.82, 2.24) is 15.2 Å². The molecule has 0 bridgehead atoms. The van der Waals surface area contributed by atoms with Gasteiger partial charge in [0, 0.05) is 19.5 Å². The third kappa shape index (κ3) is 3.33. The molecule has 104 valence electrons. The van der Waals surface area contributed by atoms with Gasteiger partial charge >= 0.3 is 0 Å². The average Bonchev–Trinajstić information content (AvgIpc) is 2.65. The van der Waals surface area contributed by atoms with E-state index in [2.05, 4.69) is 47.2 Å². The summed E-state index contributed by atoms with van der Waals surface area (Å²) in [4.78, 5) is 0. The molecule has 1 aromatic rings. The molecule has 5 heteroatoms. The molecule has 0 aromatic carbocycles. The normalized spacial score (nSPS) is 13.3. The Bertz CT molecular complexity index is 371. The van der Waals surface area contributed by atoms with Crippen LogP contribution in [0.15, 0.2) is 4.47 Å². The monoisotopic (exact) mass is 316 g/mol. The highest BCUT2D eigenvalue weighted by molar-refractivity contribution is 9.10. The quantitative estimate of drug-likeness (QED) is 0.600. The van der Waals surface area contributed by atoms with Crippen molar-refractivity contribution in [2.45, 2.75) is 52.5 Å². The van der Waals surface area contributed by atoms with Crippen molar-refractivity contribution in [3.05, 3.63) is 15.9 Å². The van der Waals surface area contributed by atoms with E-state index in [1.165, 1.54) is 5.69 Å². The fourth-order valence-corrected chi connectivity index (χ4v) is 3.25. The van der Waals surface area contributed by atoms with Crippen LogP contribution >= 0.6 is 15.9 Å². The topological polar surface area (TPSA) is 55.9 Å². The van der Waals surface area contributed by atoms with Gasteiger partial charge in [-0.2, -0.15) is 5.10 Å². The SMILES string of the molecule is CCc1nn(C)c(CC(NN)C(CC)CC)c1Br. The lowest BCUT2D eigenvalue weighted by Crippen LogP contribution is -2.42. The Morgan fingerprint density at radius 1 is 1.33 bits per heavy atom. The largest absolute Gasteiger partial charge is 0.271 e. The second-order valence-corrected chi connectivity index (χ2v) is 5.53. The lowest BCUT2D eigenvalue weighted by molar-refractivity contribution is 0.330. The number of aryl methyl sites for hydroxylation is 2. The number of aromatic nitrogens is 2. The van der Waals surface area contributed by atoms with Crippen LogP contribution in [0.4, 0.5) is 0 Å². The number of nitrogens with two attached hydrogens (primary N) is 1. The van der Waals surface area contributed by atoms with Crippen LogP contribution in [0.3, 0.4) is 0 Å². The molecule has 4 nitrogen and oxygen atoms in total. The van der Waals surface area contributed by atoms with Crippen LogP contribution in [0.1, 0.15) is 45.0 Å². The summed E-state index contributed by atoms with van der Waals surface area (Å²) in [5.74, 6) is 6.32. The van der Waals surface area contributed by atoms with Gasteiger partial charge in [0.05, 0.1) is 15.9 Å². The minimum atomic E-state index is 0.302. The molecule has 0 radical (unpaired) electrons. The van der Waals surface area contributed by atoms with Gasteiger partial charge in [0.25, 0.3) is 0 Å². The van der Waals surface area contributed by atoms with Gasteiger partial charge in [0.2, 0.25) is 0 Å². The first-order valence-electron chi connectivity index (χ1n) is 6.75. The minimum Gasteiger partial charge on any atom is -0.271 e. The molecule has 0 fully saturated rings. The van der Waals surface area contributed by atoms with Gasteiger partial charge in [-0.05, 0) is 28.3 Å². The molecule has 1 rings (SSSR count). The second-order valence-electron chi connectivity index (χ2n) is 4.74. The maximum atomic E-state index is 5.72. The molecule has 0 aliphatic rings. The summed E-state index contributed by atoms with van der Waals surface area (Å²) in [6.07, 6.45) is 4.13. The summed E-state index contributed by atoms with van der Waals surface area (Å²) in [5, 5.41) is 4.53. The van der Waals surface area contributed by atoms with Crippen LogP contribution in [0.25, 0.3) is 0 Å². The summed E-state index contributed by atoms with van der Waals surface area (Å²) >= 11 is 3.66. The number of hydrogen-bond acceptors (Lipinski definition) is 3. The number of hydrogen-bond donors (Lipinski definition) is 2. The van der Waals surface area contributed by atoms with Crippen LogP contribution in [0.2, 0.25) is 0 Å². The van der Waals surface area contributed by atoms with Crippen molar-refractivity contribution in [2.24, 2.45) is 18.8 Å². The molecule has 3 N–H and O–H groups in total. The van der Waals surface area contributed by atoms with Crippen molar-refractivity contribution < 1.29 is 0 Å². The van der Waals surface area contributed by atoms with Crippen molar-refractivity contribution >= 4 is 15.9 Å². The maximum absolute atomic E-state index is 5.72. The Hall–Kier alpha value is -0.390. The first-order valence-corrected chi connectivity index (χ1v) is 7.54. The predicted molar refractivity (Wildman–Crippen MR) is 79.2 cm³/mol. The van der Waals surface area contributed by atoms with Crippen LogP contribution in [0, 0.1) is 5.92 Å². The van der Waals surface area contributed by atoms with Gasteiger partial charge in [-0.15, -0.1) is 0 Å². The summed E-state index contributed by atoms with van der Waals surface area (Å²) in [6.45, 7) is 6.55. The van der Waals surface area contributed by atoms with E-state index in [0.29, 0.717) is 12.0 Å². The van der Waals surface area contributed by atoms with Crippen molar-refractivity contribution in [1.29, 1.82) is 0 Å². The average molecular weight is 317 g/mol. The molecular formula is C13H25BrN4. The van der Waals surface area contributed by atoms with Gasteiger partial charge in [-0.1, -0.05) is 33.6 Å². The number of nitrogens with zero attached hydrogens (tertiary/aromatic N) is 2. The molecule has 1 heterocycles. The highest BCUT2D eigenvalue weighted by atomic mass is 79.9. The van der Waals surface area contributed by atoms with Gasteiger partial charge < -0.3 is 0 Å². The number of halogens is 1. The Labute approximate surface area is 118 Å². The molecule has 0 saturated carbocycles. The summed E-state index contributed by atoms with van der Waals surface area (Å²) in [5.41, 5.74) is 5.31. The molecular weight excluding hydrogens is 292 g/mol. The third-order valence-corrected chi connectivity index (χ3v) is 4.66. The molecule has 1 unspecified atom stereocenters. The highest BCUT2D eigenvalue weighted by Crippen LogP contribution is 2.25. The second kappa shape index (κ2) is 7.26. The van der Waals surface area contributed by atoms with E-state index in [1.807, 2.05) is 11.7 Å². The molecule has 0 amide bonds. The summed E-state index contributed by atoms with van der Waals surface area (Å²) in [6, 6.07) is 0.302. The minimum absolute atomic E-state index is 0.302. The van der Waals surface area contributed by atoms with Gasteiger partial charge in [-0.25, -0.2) is 0 Å². The van der Waals surface area contributed by atoms with Gasteiger partial charge in [0.15, 0.2) is 0 Å². The molecule has 0 aliphatic heterocycles. The third-order valence-electron chi connectivity index (χ3n) is 3.75. The van der Waals surface area contributed by atoms with Crippen molar-refractivity contribution in [3.63, 3.8) is 0 Å². The zero-order valence-electron chi connectivity index (χ0n) is 11.8. The van der Waals surface area contributed by atoms with E-state index in [4.69, 9.17) is 5.84 Å². The van der Waals surface area contributed by atoms with E-state index in [-0.39, 0.29) is 0 Å². The van der Waals surface area contributed by atoms with E-state index in [9.17, 15) is 0 Å². The van der Waals surface area contributed by atoms with Crippen molar-refractivity contribution in [3.8, 4) is 0 Å². The zero-order chi connectivity index (χ0) is 13.7.